The lowest BCUT2D eigenvalue weighted by molar-refractivity contribution is 0.0679. The molecule has 0 aliphatic carbocycles. The lowest BCUT2D eigenvalue weighted by Crippen LogP contribution is -2.51. The molecular formula is C13H26N2. The SMILES string of the molecule is CC(C)N1CCCC(N2CCCCC2)C1. The van der Waals surface area contributed by atoms with Gasteiger partial charge in [0.15, 0.2) is 0 Å². The molecule has 2 heterocycles. The van der Waals surface area contributed by atoms with Gasteiger partial charge in [-0.2, -0.15) is 0 Å². The second-order valence-corrected chi connectivity index (χ2v) is 5.48. The van der Waals surface area contributed by atoms with Crippen LogP contribution >= 0.6 is 0 Å². The number of likely N-dealkylation sites (tertiary alicyclic amines) is 2. The summed E-state index contributed by atoms with van der Waals surface area (Å²) in [5.74, 6) is 0. The zero-order valence-corrected chi connectivity index (χ0v) is 10.4. The minimum absolute atomic E-state index is 0.734. The van der Waals surface area contributed by atoms with Gasteiger partial charge in [-0.15, -0.1) is 0 Å². The van der Waals surface area contributed by atoms with E-state index in [1.807, 2.05) is 0 Å². The Balaban J connectivity index is 1.85. The summed E-state index contributed by atoms with van der Waals surface area (Å²) in [4.78, 5) is 5.40. The number of nitrogens with zero attached hydrogens (tertiary/aromatic N) is 2. The van der Waals surface area contributed by atoms with E-state index in [9.17, 15) is 0 Å². The van der Waals surface area contributed by atoms with Gasteiger partial charge in [-0.1, -0.05) is 6.42 Å². The quantitative estimate of drug-likeness (QED) is 0.690. The maximum Gasteiger partial charge on any atom is 0.0223 e. The molecule has 0 aromatic heterocycles. The van der Waals surface area contributed by atoms with E-state index < -0.39 is 0 Å². The monoisotopic (exact) mass is 210 g/mol. The summed E-state index contributed by atoms with van der Waals surface area (Å²) < 4.78 is 0. The Morgan fingerprint density at radius 3 is 2.33 bits per heavy atom. The third kappa shape index (κ3) is 2.94. The van der Waals surface area contributed by atoms with E-state index in [0.29, 0.717) is 0 Å². The summed E-state index contributed by atoms with van der Waals surface area (Å²) in [6.07, 6.45) is 7.15. The smallest absolute Gasteiger partial charge is 0.0223 e. The minimum atomic E-state index is 0.734. The summed E-state index contributed by atoms with van der Waals surface area (Å²) in [5.41, 5.74) is 0. The van der Waals surface area contributed by atoms with E-state index in [2.05, 4.69) is 23.6 Å². The Bertz CT molecular complexity index is 185. The first-order valence-corrected chi connectivity index (χ1v) is 6.75. The highest BCUT2D eigenvalue weighted by atomic mass is 15.2. The number of hydrogen-bond acceptors (Lipinski definition) is 2. The van der Waals surface area contributed by atoms with Crippen molar-refractivity contribution in [1.29, 1.82) is 0 Å². The molecule has 2 rings (SSSR count). The average molecular weight is 210 g/mol. The molecule has 88 valence electrons. The van der Waals surface area contributed by atoms with Crippen LogP contribution in [0.3, 0.4) is 0 Å². The average Bonchev–Trinajstić information content (AvgIpc) is 2.30. The van der Waals surface area contributed by atoms with E-state index in [1.165, 1.54) is 58.3 Å². The van der Waals surface area contributed by atoms with Crippen molar-refractivity contribution >= 4 is 0 Å². The van der Waals surface area contributed by atoms with Crippen LogP contribution in [0.15, 0.2) is 0 Å². The van der Waals surface area contributed by atoms with Crippen LogP contribution in [-0.2, 0) is 0 Å². The van der Waals surface area contributed by atoms with Gasteiger partial charge in [0.2, 0.25) is 0 Å². The maximum absolute atomic E-state index is 2.75. The van der Waals surface area contributed by atoms with Crippen LogP contribution in [0.2, 0.25) is 0 Å². The highest BCUT2D eigenvalue weighted by Crippen LogP contribution is 2.21. The normalized spacial score (nSPS) is 31.0. The van der Waals surface area contributed by atoms with Crippen molar-refractivity contribution < 1.29 is 0 Å². The van der Waals surface area contributed by atoms with Crippen molar-refractivity contribution in [3.05, 3.63) is 0 Å². The highest BCUT2D eigenvalue weighted by molar-refractivity contribution is 4.83. The van der Waals surface area contributed by atoms with Crippen LogP contribution < -0.4 is 0 Å². The minimum Gasteiger partial charge on any atom is -0.299 e. The van der Waals surface area contributed by atoms with Crippen LogP contribution in [0.4, 0.5) is 0 Å². The molecule has 15 heavy (non-hydrogen) atoms. The lowest BCUT2D eigenvalue weighted by atomic mass is 10.00. The first-order chi connectivity index (χ1) is 7.27. The van der Waals surface area contributed by atoms with Gasteiger partial charge < -0.3 is 0 Å². The molecule has 1 atom stereocenters. The molecule has 2 heteroatoms. The molecule has 0 radical (unpaired) electrons. The Morgan fingerprint density at radius 1 is 0.933 bits per heavy atom. The Morgan fingerprint density at radius 2 is 1.67 bits per heavy atom. The molecule has 0 aromatic carbocycles. The largest absolute Gasteiger partial charge is 0.299 e. The zero-order chi connectivity index (χ0) is 10.7. The summed E-state index contributed by atoms with van der Waals surface area (Å²) in [5, 5.41) is 0. The van der Waals surface area contributed by atoms with Crippen molar-refractivity contribution in [1.82, 2.24) is 9.80 Å². The van der Waals surface area contributed by atoms with Gasteiger partial charge in [-0.05, 0) is 59.2 Å². The fourth-order valence-electron chi connectivity index (χ4n) is 3.03. The molecular weight excluding hydrogens is 184 g/mol. The van der Waals surface area contributed by atoms with Crippen molar-refractivity contribution in [2.24, 2.45) is 0 Å². The molecule has 0 spiro atoms. The predicted molar refractivity (Wildman–Crippen MR) is 65.2 cm³/mol. The first-order valence-electron chi connectivity index (χ1n) is 6.75. The van der Waals surface area contributed by atoms with Gasteiger partial charge in [0.25, 0.3) is 0 Å². The molecule has 2 aliphatic rings. The molecule has 0 aromatic rings. The van der Waals surface area contributed by atoms with Gasteiger partial charge in [0.05, 0.1) is 0 Å². The van der Waals surface area contributed by atoms with Crippen LogP contribution in [0.25, 0.3) is 0 Å². The summed E-state index contributed by atoms with van der Waals surface area (Å²) in [7, 11) is 0. The zero-order valence-electron chi connectivity index (χ0n) is 10.4. The fourth-order valence-corrected chi connectivity index (χ4v) is 3.03. The molecule has 2 aliphatic heterocycles. The summed E-state index contributed by atoms with van der Waals surface area (Å²) >= 11 is 0. The Labute approximate surface area is 94.6 Å². The van der Waals surface area contributed by atoms with E-state index in [-0.39, 0.29) is 0 Å². The van der Waals surface area contributed by atoms with E-state index in [1.54, 1.807) is 0 Å². The molecule has 0 saturated carbocycles. The Hall–Kier alpha value is -0.0800. The van der Waals surface area contributed by atoms with Gasteiger partial charge in [0.1, 0.15) is 0 Å². The van der Waals surface area contributed by atoms with Gasteiger partial charge in [-0.3, -0.25) is 9.80 Å². The molecule has 2 saturated heterocycles. The Kier molecular flexibility index (Phi) is 4.04. The fraction of sp³-hybridized carbons (Fsp3) is 1.00. The molecule has 0 bridgehead atoms. The van der Waals surface area contributed by atoms with E-state index in [4.69, 9.17) is 0 Å². The molecule has 2 nitrogen and oxygen atoms in total. The number of rotatable bonds is 2. The van der Waals surface area contributed by atoms with Gasteiger partial charge in [0, 0.05) is 18.6 Å². The van der Waals surface area contributed by atoms with Crippen LogP contribution in [-0.4, -0.2) is 48.1 Å². The van der Waals surface area contributed by atoms with Crippen LogP contribution in [0.5, 0.6) is 0 Å². The third-order valence-electron chi connectivity index (χ3n) is 4.07. The first kappa shape index (κ1) is 11.4. The predicted octanol–water partition coefficient (Wildman–Crippen LogP) is 2.35. The maximum atomic E-state index is 2.75. The van der Waals surface area contributed by atoms with Crippen molar-refractivity contribution in [2.45, 2.75) is 58.0 Å². The highest BCUT2D eigenvalue weighted by Gasteiger charge is 2.26. The molecule has 1 unspecified atom stereocenters. The topological polar surface area (TPSA) is 6.48 Å². The summed E-state index contributed by atoms with van der Waals surface area (Å²) in [6.45, 7) is 10.0. The van der Waals surface area contributed by atoms with E-state index in [0.717, 1.165) is 12.1 Å². The van der Waals surface area contributed by atoms with Crippen molar-refractivity contribution in [3.63, 3.8) is 0 Å². The second kappa shape index (κ2) is 5.31. The van der Waals surface area contributed by atoms with Gasteiger partial charge >= 0.3 is 0 Å². The van der Waals surface area contributed by atoms with E-state index >= 15 is 0 Å². The van der Waals surface area contributed by atoms with Crippen LogP contribution in [0.1, 0.15) is 46.0 Å². The molecule has 0 N–H and O–H groups in total. The van der Waals surface area contributed by atoms with Crippen LogP contribution in [0, 0.1) is 0 Å². The molecule has 2 fully saturated rings. The van der Waals surface area contributed by atoms with Crippen molar-refractivity contribution in [3.8, 4) is 0 Å². The van der Waals surface area contributed by atoms with Gasteiger partial charge in [-0.25, -0.2) is 0 Å². The lowest BCUT2D eigenvalue weighted by Gasteiger charge is -2.42. The third-order valence-corrected chi connectivity index (χ3v) is 4.07. The standard InChI is InChI=1S/C13H26N2/c1-12(2)15-10-6-7-13(11-15)14-8-4-3-5-9-14/h12-13H,3-11H2,1-2H3. The molecule has 0 amide bonds. The van der Waals surface area contributed by atoms with Crippen molar-refractivity contribution in [2.75, 3.05) is 26.2 Å². The number of piperidine rings is 2. The summed E-state index contributed by atoms with van der Waals surface area (Å²) in [6, 6.07) is 1.60. The number of hydrogen-bond donors (Lipinski definition) is 0. The second-order valence-electron chi connectivity index (χ2n) is 5.48.